The van der Waals surface area contributed by atoms with Crippen LogP contribution in [0, 0.1) is 5.82 Å². The Morgan fingerprint density at radius 1 is 1.16 bits per heavy atom. The summed E-state index contributed by atoms with van der Waals surface area (Å²) >= 11 is 6.23. The Morgan fingerprint density at radius 3 is 2.75 bits per heavy atom. The molecule has 32 heavy (non-hydrogen) atoms. The number of hydrogen-bond donors (Lipinski definition) is 1. The van der Waals surface area contributed by atoms with Crippen LogP contribution in [-0.2, 0) is 23.2 Å². The Kier molecular flexibility index (Phi) is 4.82. The van der Waals surface area contributed by atoms with Gasteiger partial charge in [-0.2, -0.15) is 0 Å². The van der Waals surface area contributed by atoms with Crippen LogP contribution in [0.4, 0.5) is 4.39 Å². The van der Waals surface area contributed by atoms with Crippen LogP contribution < -0.4 is 5.32 Å². The van der Waals surface area contributed by atoms with Crippen molar-refractivity contribution in [1.29, 1.82) is 0 Å². The van der Waals surface area contributed by atoms with E-state index in [9.17, 15) is 18.8 Å². The molecule has 3 amide bonds. The first kappa shape index (κ1) is 20.4. The molecule has 162 valence electrons. The van der Waals surface area contributed by atoms with Gasteiger partial charge in [0.1, 0.15) is 11.9 Å². The number of carbonyl (C=O) groups excluding carboxylic acids is 3. The van der Waals surface area contributed by atoms with Gasteiger partial charge >= 0.3 is 0 Å². The number of amides is 3. The molecule has 2 aliphatic rings. The Labute approximate surface area is 187 Å². The van der Waals surface area contributed by atoms with E-state index in [0.29, 0.717) is 28.9 Å². The van der Waals surface area contributed by atoms with Gasteiger partial charge in [0.25, 0.3) is 5.91 Å². The molecule has 5 rings (SSSR count). The molecular weight excluding hydrogens is 435 g/mol. The predicted molar refractivity (Wildman–Crippen MR) is 115 cm³/mol. The molecule has 3 heterocycles. The molecule has 9 heteroatoms. The van der Waals surface area contributed by atoms with Crippen LogP contribution in [0.25, 0.3) is 22.5 Å². The molecule has 7 nitrogen and oxygen atoms in total. The standard InChI is InChI=1S/C23H18ClFN4O3/c1-28-11-26-20(21(28)15-3-2-4-16(25)19(15)24)12-5-6-14-13(9-12)10-29(23(14)32)17-7-8-18(30)27-22(17)31/h2-6,9,11,17H,7-8,10H2,1H3,(H,27,30,31). The number of aryl methyl sites for hydroxylation is 1. The fourth-order valence-electron chi connectivity index (χ4n) is 4.37. The van der Waals surface area contributed by atoms with Crippen LogP contribution in [0.2, 0.25) is 5.02 Å². The van der Waals surface area contributed by atoms with Gasteiger partial charge in [-0.15, -0.1) is 0 Å². The number of hydrogen-bond acceptors (Lipinski definition) is 4. The summed E-state index contributed by atoms with van der Waals surface area (Å²) in [5.41, 5.74) is 3.80. The number of nitrogens with zero attached hydrogens (tertiary/aromatic N) is 3. The van der Waals surface area contributed by atoms with Crippen LogP contribution in [0.3, 0.4) is 0 Å². The number of benzene rings is 2. The highest BCUT2D eigenvalue weighted by molar-refractivity contribution is 6.33. The van der Waals surface area contributed by atoms with Gasteiger partial charge in [-0.3, -0.25) is 19.7 Å². The summed E-state index contributed by atoms with van der Waals surface area (Å²) in [4.78, 5) is 42.6. The third-order valence-corrected chi connectivity index (χ3v) is 6.32. The van der Waals surface area contributed by atoms with Gasteiger partial charge in [0.15, 0.2) is 0 Å². The van der Waals surface area contributed by atoms with Crippen molar-refractivity contribution in [1.82, 2.24) is 19.8 Å². The lowest BCUT2D eigenvalue weighted by Gasteiger charge is -2.29. The average molecular weight is 453 g/mol. The Morgan fingerprint density at radius 2 is 1.97 bits per heavy atom. The summed E-state index contributed by atoms with van der Waals surface area (Å²) in [6, 6.07) is 9.30. The fraction of sp³-hybridized carbons (Fsp3) is 0.217. The Hall–Kier alpha value is -3.52. The molecule has 2 aliphatic heterocycles. The van der Waals surface area contributed by atoms with Gasteiger partial charge in [-0.05, 0) is 30.2 Å². The van der Waals surface area contributed by atoms with E-state index in [4.69, 9.17) is 11.6 Å². The number of fused-ring (bicyclic) bond motifs is 1. The zero-order valence-corrected chi connectivity index (χ0v) is 17.8. The van der Waals surface area contributed by atoms with Gasteiger partial charge in [-0.1, -0.05) is 29.8 Å². The molecule has 1 saturated heterocycles. The molecule has 0 saturated carbocycles. The van der Waals surface area contributed by atoms with Gasteiger partial charge in [0.2, 0.25) is 11.8 Å². The molecule has 1 atom stereocenters. The first-order valence-electron chi connectivity index (χ1n) is 10.1. The molecule has 1 N–H and O–H groups in total. The third-order valence-electron chi connectivity index (χ3n) is 5.94. The van der Waals surface area contributed by atoms with E-state index < -0.39 is 17.8 Å². The lowest BCUT2D eigenvalue weighted by Crippen LogP contribution is -2.52. The minimum Gasteiger partial charge on any atom is -0.333 e. The van der Waals surface area contributed by atoms with Crippen LogP contribution in [0.1, 0.15) is 28.8 Å². The van der Waals surface area contributed by atoms with Gasteiger partial charge in [0.05, 0.1) is 22.7 Å². The molecule has 3 aromatic rings. The van der Waals surface area contributed by atoms with Gasteiger partial charge in [0, 0.05) is 36.7 Å². The predicted octanol–water partition coefficient (Wildman–Crippen LogP) is 3.31. The van der Waals surface area contributed by atoms with E-state index in [-0.39, 0.29) is 29.8 Å². The monoisotopic (exact) mass is 452 g/mol. The molecule has 1 unspecified atom stereocenters. The van der Waals surface area contributed by atoms with E-state index in [0.717, 1.165) is 11.1 Å². The maximum Gasteiger partial charge on any atom is 0.255 e. The van der Waals surface area contributed by atoms with Gasteiger partial charge in [-0.25, -0.2) is 9.37 Å². The third kappa shape index (κ3) is 3.18. The zero-order chi connectivity index (χ0) is 22.6. The molecule has 0 aliphatic carbocycles. The largest absolute Gasteiger partial charge is 0.333 e. The quantitative estimate of drug-likeness (QED) is 0.618. The van der Waals surface area contributed by atoms with Crippen molar-refractivity contribution in [3.63, 3.8) is 0 Å². The molecule has 2 aromatic carbocycles. The van der Waals surface area contributed by atoms with Crippen LogP contribution >= 0.6 is 11.6 Å². The Balaban J connectivity index is 1.52. The van der Waals surface area contributed by atoms with Crippen molar-refractivity contribution in [2.75, 3.05) is 0 Å². The summed E-state index contributed by atoms with van der Waals surface area (Å²) in [6.07, 6.45) is 2.13. The van der Waals surface area contributed by atoms with Crippen molar-refractivity contribution in [2.24, 2.45) is 7.05 Å². The second-order valence-electron chi connectivity index (χ2n) is 7.93. The van der Waals surface area contributed by atoms with Crippen molar-refractivity contribution in [3.05, 3.63) is 64.7 Å². The van der Waals surface area contributed by atoms with Crippen molar-refractivity contribution >= 4 is 29.3 Å². The molecule has 0 bridgehead atoms. The number of aromatic nitrogens is 2. The van der Waals surface area contributed by atoms with Crippen molar-refractivity contribution < 1.29 is 18.8 Å². The number of carbonyl (C=O) groups is 3. The van der Waals surface area contributed by atoms with Crippen LogP contribution in [-0.4, -0.2) is 38.2 Å². The SMILES string of the molecule is Cn1cnc(-c2ccc3c(c2)CN(C2CCC(=O)NC2=O)C3=O)c1-c1cccc(F)c1Cl. The number of piperidine rings is 1. The minimum atomic E-state index is -0.674. The number of imidazole rings is 1. The second-order valence-corrected chi connectivity index (χ2v) is 8.30. The summed E-state index contributed by atoms with van der Waals surface area (Å²) in [5, 5.41) is 2.31. The highest BCUT2D eigenvalue weighted by Gasteiger charge is 2.39. The van der Waals surface area contributed by atoms with E-state index in [1.807, 2.05) is 6.07 Å². The summed E-state index contributed by atoms with van der Waals surface area (Å²) in [5.74, 6) is -1.53. The zero-order valence-electron chi connectivity index (χ0n) is 17.1. The number of nitrogens with one attached hydrogen (secondary N) is 1. The highest BCUT2D eigenvalue weighted by atomic mass is 35.5. The van der Waals surface area contributed by atoms with Gasteiger partial charge < -0.3 is 9.47 Å². The van der Waals surface area contributed by atoms with Crippen LogP contribution in [0.5, 0.6) is 0 Å². The van der Waals surface area contributed by atoms with Crippen molar-refractivity contribution in [2.45, 2.75) is 25.4 Å². The molecule has 0 radical (unpaired) electrons. The Bertz CT molecular complexity index is 1300. The summed E-state index contributed by atoms with van der Waals surface area (Å²) in [6.45, 7) is 0.261. The summed E-state index contributed by atoms with van der Waals surface area (Å²) < 4.78 is 15.8. The number of halogens is 2. The first-order chi connectivity index (χ1) is 15.3. The lowest BCUT2D eigenvalue weighted by molar-refractivity contribution is -0.136. The average Bonchev–Trinajstić information content (AvgIpc) is 3.30. The summed E-state index contributed by atoms with van der Waals surface area (Å²) in [7, 11) is 1.80. The molecule has 1 aromatic heterocycles. The lowest BCUT2D eigenvalue weighted by atomic mass is 10.0. The first-order valence-corrected chi connectivity index (χ1v) is 10.5. The maximum atomic E-state index is 14.1. The van der Waals surface area contributed by atoms with E-state index in [2.05, 4.69) is 10.3 Å². The normalized spacial score (nSPS) is 18.2. The number of imide groups is 1. The van der Waals surface area contributed by atoms with Crippen molar-refractivity contribution in [3.8, 4) is 22.5 Å². The van der Waals surface area contributed by atoms with Crippen LogP contribution in [0.15, 0.2) is 42.7 Å². The van der Waals surface area contributed by atoms with E-state index in [1.165, 1.54) is 11.0 Å². The smallest absolute Gasteiger partial charge is 0.255 e. The van der Waals surface area contributed by atoms with E-state index in [1.54, 1.807) is 42.2 Å². The fourth-order valence-corrected chi connectivity index (χ4v) is 4.58. The molecule has 1 fully saturated rings. The molecular formula is C23H18ClFN4O3. The maximum absolute atomic E-state index is 14.1. The second kappa shape index (κ2) is 7.56. The van der Waals surface area contributed by atoms with E-state index >= 15 is 0 Å². The molecule has 0 spiro atoms. The minimum absolute atomic E-state index is 0.0118. The number of rotatable bonds is 3. The highest BCUT2D eigenvalue weighted by Crippen LogP contribution is 2.38. The topological polar surface area (TPSA) is 84.3 Å².